The van der Waals surface area contributed by atoms with Crippen LogP contribution in [0.5, 0.6) is 0 Å². The number of nitrogens with one attached hydrogen (secondary N) is 2. The second kappa shape index (κ2) is 11.2. The molecule has 0 aromatic carbocycles. The van der Waals surface area contributed by atoms with E-state index in [2.05, 4.69) is 15.6 Å². The van der Waals surface area contributed by atoms with E-state index < -0.39 is 24.7 Å². The lowest BCUT2D eigenvalue weighted by Gasteiger charge is -2.35. The molecule has 11 heteroatoms. The summed E-state index contributed by atoms with van der Waals surface area (Å²) in [5.41, 5.74) is 0.607. The summed E-state index contributed by atoms with van der Waals surface area (Å²) in [5, 5.41) is 8.12. The van der Waals surface area contributed by atoms with Gasteiger partial charge in [0, 0.05) is 38.1 Å². The van der Waals surface area contributed by atoms with Crippen molar-refractivity contribution in [2.24, 2.45) is 0 Å². The second-order valence-corrected chi connectivity index (χ2v) is 6.35. The van der Waals surface area contributed by atoms with Gasteiger partial charge in [-0.1, -0.05) is 6.92 Å². The fourth-order valence-corrected chi connectivity index (χ4v) is 3.22. The number of alkyl halides is 3. The molecule has 1 unspecified atom stereocenters. The van der Waals surface area contributed by atoms with Crippen LogP contribution in [0.4, 0.5) is 13.2 Å². The molecule has 1 aromatic rings. The van der Waals surface area contributed by atoms with Crippen LogP contribution in [-0.2, 0) is 17.6 Å². The SMILES string of the molecule is CCc1nc(CC(=O)NCC(N2CCNCC2)C(F)(F)F)cs1.Cl.Cl. The molecule has 1 atom stereocenters. The first kappa shape index (κ1) is 24.4. The monoisotopic (exact) mass is 422 g/mol. The number of aryl methyl sites for hydroxylation is 1. The highest BCUT2D eigenvalue weighted by Gasteiger charge is 2.43. The number of hydrogen-bond acceptors (Lipinski definition) is 5. The predicted molar refractivity (Wildman–Crippen MR) is 97.0 cm³/mol. The van der Waals surface area contributed by atoms with Crippen LogP contribution in [0.25, 0.3) is 0 Å². The first-order valence-electron chi connectivity index (χ1n) is 7.61. The highest BCUT2D eigenvalue weighted by Crippen LogP contribution is 2.24. The van der Waals surface area contributed by atoms with E-state index in [-0.39, 0.29) is 31.2 Å². The van der Waals surface area contributed by atoms with Gasteiger partial charge in [-0.15, -0.1) is 36.2 Å². The summed E-state index contributed by atoms with van der Waals surface area (Å²) >= 11 is 1.46. The van der Waals surface area contributed by atoms with Gasteiger partial charge in [-0.05, 0) is 6.42 Å². The van der Waals surface area contributed by atoms with Gasteiger partial charge in [0.25, 0.3) is 0 Å². The summed E-state index contributed by atoms with van der Waals surface area (Å²) in [6.07, 6.45) is -3.56. The van der Waals surface area contributed by atoms with Crippen LogP contribution in [0.1, 0.15) is 17.6 Å². The van der Waals surface area contributed by atoms with Gasteiger partial charge in [-0.3, -0.25) is 9.69 Å². The van der Waals surface area contributed by atoms with Crippen LogP contribution in [0.3, 0.4) is 0 Å². The molecule has 1 fully saturated rings. The van der Waals surface area contributed by atoms with Crippen molar-refractivity contribution in [2.45, 2.75) is 32.0 Å². The van der Waals surface area contributed by atoms with Crippen molar-refractivity contribution in [3.63, 3.8) is 0 Å². The molecule has 0 saturated carbocycles. The highest BCUT2D eigenvalue weighted by atomic mass is 35.5. The molecular formula is C14H23Cl2F3N4OS. The van der Waals surface area contributed by atoms with Gasteiger partial charge in [0.15, 0.2) is 0 Å². The molecule has 146 valence electrons. The molecule has 2 rings (SSSR count). The molecule has 0 aliphatic carbocycles. The lowest BCUT2D eigenvalue weighted by molar-refractivity contribution is -0.184. The van der Waals surface area contributed by atoms with E-state index in [4.69, 9.17) is 0 Å². The van der Waals surface area contributed by atoms with Gasteiger partial charge in [-0.25, -0.2) is 4.98 Å². The fourth-order valence-electron chi connectivity index (χ4n) is 2.48. The Balaban J connectivity index is 0.00000288. The van der Waals surface area contributed by atoms with Gasteiger partial charge in [-0.2, -0.15) is 13.2 Å². The third-order valence-corrected chi connectivity index (χ3v) is 4.75. The third-order valence-electron chi connectivity index (χ3n) is 3.71. The molecule has 5 nitrogen and oxygen atoms in total. The number of rotatable bonds is 6. The number of piperazine rings is 1. The average molecular weight is 423 g/mol. The molecule has 2 N–H and O–H groups in total. The molecule has 1 aliphatic heterocycles. The van der Waals surface area contributed by atoms with E-state index in [1.165, 1.54) is 16.2 Å². The van der Waals surface area contributed by atoms with E-state index in [1.54, 1.807) is 5.38 Å². The van der Waals surface area contributed by atoms with Gasteiger partial charge in [0.1, 0.15) is 6.04 Å². The van der Waals surface area contributed by atoms with Gasteiger partial charge >= 0.3 is 6.18 Å². The van der Waals surface area contributed by atoms with Crippen LogP contribution in [-0.4, -0.2) is 60.7 Å². The van der Waals surface area contributed by atoms with Gasteiger partial charge in [0.2, 0.25) is 5.91 Å². The third kappa shape index (κ3) is 7.65. The van der Waals surface area contributed by atoms with Crippen molar-refractivity contribution in [3.8, 4) is 0 Å². The van der Waals surface area contributed by atoms with Crippen molar-refractivity contribution >= 4 is 42.1 Å². The summed E-state index contributed by atoms with van der Waals surface area (Å²) < 4.78 is 39.6. The number of halogens is 5. The van der Waals surface area contributed by atoms with Crippen LogP contribution >= 0.6 is 36.2 Å². The van der Waals surface area contributed by atoms with Crippen LogP contribution in [0, 0.1) is 0 Å². The minimum atomic E-state index is -4.36. The maximum Gasteiger partial charge on any atom is 0.405 e. The first-order chi connectivity index (χ1) is 10.9. The van der Waals surface area contributed by atoms with Crippen molar-refractivity contribution in [1.29, 1.82) is 0 Å². The molecule has 0 spiro atoms. The van der Waals surface area contributed by atoms with Crippen LogP contribution in [0.15, 0.2) is 5.38 Å². The normalized spacial score (nSPS) is 16.5. The number of carbonyl (C=O) groups is 1. The summed E-state index contributed by atoms with van der Waals surface area (Å²) in [5.74, 6) is -0.428. The lowest BCUT2D eigenvalue weighted by Crippen LogP contribution is -2.57. The van der Waals surface area contributed by atoms with Crippen molar-refractivity contribution in [3.05, 3.63) is 16.1 Å². The van der Waals surface area contributed by atoms with E-state index in [9.17, 15) is 18.0 Å². The van der Waals surface area contributed by atoms with E-state index in [0.29, 0.717) is 31.9 Å². The molecule has 1 aliphatic rings. The number of carbonyl (C=O) groups excluding carboxylic acids is 1. The Morgan fingerprint density at radius 1 is 1.40 bits per heavy atom. The van der Waals surface area contributed by atoms with Crippen molar-refractivity contribution < 1.29 is 18.0 Å². The minimum Gasteiger partial charge on any atom is -0.354 e. The quantitative estimate of drug-likeness (QED) is 0.736. The second-order valence-electron chi connectivity index (χ2n) is 5.41. The summed E-state index contributed by atoms with van der Waals surface area (Å²) in [4.78, 5) is 17.5. The Labute approximate surface area is 161 Å². The maximum atomic E-state index is 13.2. The largest absolute Gasteiger partial charge is 0.405 e. The summed E-state index contributed by atoms with van der Waals surface area (Å²) in [6.45, 7) is 3.24. The Morgan fingerprint density at radius 2 is 2.04 bits per heavy atom. The van der Waals surface area contributed by atoms with E-state index in [0.717, 1.165) is 11.4 Å². The predicted octanol–water partition coefficient (Wildman–Crippen LogP) is 2.04. The lowest BCUT2D eigenvalue weighted by atomic mass is 10.2. The standard InChI is InChI=1S/C14H21F3N4OS.2ClH/c1-2-13-20-10(9-23-13)7-12(22)19-8-11(14(15,16)17)21-5-3-18-4-6-21;;/h9,11,18H,2-8H2,1H3,(H,19,22);2*1H. The zero-order valence-electron chi connectivity index (χ0n) is 13.8. The zero-order valence-corrected chi connectivity index (χ0v) is 16.2. The van der Waals surface area contributed by atoms with Crippen molar-refractivity contribution in [1.82, 2.24) is 20.5 Å². The molecule has 1 amide bonds. The molecule has 2 heterocycles. The molecule has 0 bridgehead atoms. The summed E-state index contributed by atoms with van der Waals surface area (Å²) in [7, 11) is 0. The Kier molecular flexibility index (Phi) is 10.9. The Bertz CT molecular complexity index is 524. The fraction of sp³-hybridized carbons (Fsp3) is 0.714. The van der Waals surface area contributed by atoms with Crippen LogP contribution in [0.2, 0.25) is 0 Å². The maximum absolute atomic E-state index is 13.2. The molecule has 1 aromatic heterocycles. The van der Waals surface area contributed by atoms with E-state index >= 15 is 0 Å². The zero-order chi connectivity index (χ0) is 16.9. The summed E-state index contributed by atoms with van der Waals surface area (Å²) in [6, 6.07) is -1.64. The molecule has 0 radical (unpaired) electrons. The van der Waals surface area contributed by atoms with Crippen LogP contribution < -0.4 is 10.6 Å². The number of nitrogens with zero attached hydrogens (tertiary/aromatic N) is 2. The average Bonchev–Trinajstić information content (AvgIpc) is 2.94. The topological polar surface area (TPSA) is 57.3 Å². The van der Waals surface area contributed by atoms with Gasteiger partial charge < -0.3 is 10.6 Å². The van der Waals surface area contributed by atoms with Gasteiger partial charge in [0.05, 0.1) is 17.1 Å². The molecule has 1 saturated heterocycles. The number of hydrogen-bond donors (Lipinski definition) is 2. The Hall–Kier alpha value is -0.610. The number of thiazole rings is 1. The van der Waals surface area contributed by atoms with E-state index in [1.807, 2.05) is 6.92 Å². The minimum absolute atomic E-state index is 0. The number of amides is 1. The first-order valence-corrected chi connectivity index (χ1v) is 8.49. The van der Waals surface area contributed by atoms with Crippen molar-refractivity contribution in [2.75, 3.05) is 32.7 Å². The molecule has 25 heavy (non-hydrogen) atoms. The number of aromatic nitrogens is 1. The highest BCUT2D eigenvalue weighted by molar-refractivity contribution is 7.09. The molecular weight excluding hydrogens is 400 g/mol. The Morgan fingerprint density at radius 3 is 2.56 bits per heavy atom. The smallest absolute Gasteiger partial charge is 0.354 e.